The molecular weight excluding hydrogens is 314 g/mol. The number of rotatable bonds is 3. The summed E-state index contributed by atoms with van der Waals surface area (Å²) in [5.41, 5.74) is 1.35. The summed E-state index contributed by atoms with van der Waals surface area (Å²) in [5.74, 6) is 5.23. The average molecular weight is 334 g/mol. The predicted molar refractivity (Wildman–Crippen MR) is 81.9 cm³/mol. The van der Waals surface area contributed by atoms with Crippen molar-refractivity contribution in [3.8, 4) is 5.75 Å². The summed E-state index contributed by atoms with van der Waals surface area (Å²) in [7, 11) is 0. The molecule has 3 fully saturated rings. The number of halogens is 1. The maximum atomic E-state index is 6.05. The van der Waals surface area contributed by atoms with E-state index in [1.165, 1.54) is 24.8 Å². The molecule has 5 rings (SSSR count). The second-order valence-corrected chi connectivity index (χ2v) is 8.03. The van der Waals surface area contributed by atoms with Crippen molar-refractivity contribution in [2.24, 2.45) is 23.7 Å². The van der Waals surface area contributed by atoms with Gasteiger partial charge in [0, 0.05) is 23.5 Å². The summed E-state index contributed by atoms with van der Waals surface area (Å²) in [6.07, 6.45) is 5.93. The Bertz CT molecular complexity index is 544. The summed E-state index contributed by atoms with van der Waals surface area (Å²) in [5, 5.41) is 3.81. The zero-order valence-corrected chi connectivity index (χ0v) is 13.1. The molecule has 0 spiro atoms. The van der Waals surface area contributed by atoms with E-state index >= 15 is 0 Å². The van der Waals surface area contributed by atoms with E-state index in [-0.39, 0.29) is 0 Å². The van der Waals surface area contributed by atoms with Crippen molar-refractivity contribution in [3.63, 3.8) is 0 Å². The number of fused-ring (bicyclic) bond motifs is 6. The molecule has 1 aliphatic heterocycles. The molecule has 0 radical (unpaired) electrons. The van der Waals surface area contributed by atoms with Crippen LogP contribution in [0.5, 0.6) is 5.75 Å². The van der Waals surface area contributed by atoms with E-state index in [2.05, 4.69) is 39.4 Å². The lowest BCUT2D eigenvalue weighted by molar-refractivity contribution is 0.223. The molecule has 3 heteroatoms. The SMILES string of the molecule is Brc1ccc2c(c1)CC(CNC1C3C4CCC(C4)C13)O2. The Morgan fingerprint density at radius 2 is 2.00 bits per heavy atom. The van der Waals surface area contributed by atoms with Gasteiger partial charge in [-0.2, -0.15) is 0 Å². The largest absolute Gasteiger partial charge is 0.488 e. The van der Waals surface area contributed by atoms with Gasteiger partial charge in [-0.15, -0.1) is 0 Å². The fourth-order valence-corrected chi connectivity index (χ4v) is 5.68. The second kappa shape index (κ2) is 4.23. The van der Waals surface area contributed by atoms with Gasteiger partial charge in [0.2, 0.25) is 0 Å². The highest BCUT2D eigenvalue weighted by Crippen LogP contribution is 2.65. The Morgan fingerprint density at radius 1 is 1.20 bits per heavy atom. The zero-order chi connectivity index (χ0) is 13.3. The summed E-state index contributed by atoms with van der Waals surface area (Å²) >= 11 is 3.54. The van der Waals surface area contributed by atoms with Gasteiger partial charge in [0.15, 0.2) is 0 Å². The van der Waals surface area contributed by atoms with Crippen molar-refractivity contribution >= 4 is 15.9 Å². The molecule has 0 saturated heterocycles. The molecule has 1 N–H and O–H groups in total. The quantitative estimate of drug-likeness (QED) is 0.915. The Morgan fingerprint density at radius 3 is 2.80 bits per heavy atom. The van der Waals surface area contributed by atoms with Crippen LogP contribution >= 0.6 is 15.9 Å². The molecule has 4 aliphatic rings. The van der Waals surface area contributed by atoms with E-state index in [9.17, 15) is 0 Å². The summed E-state index contributed by atoms with van der Waals surface area (Å²) < 4.78 is 7.20. The Balaban J connectivity index is 1.19. The third-order valence-electron chi connectivity index (χ3n) is 6.08. The molecule has 20 heavy (non-hydrogen) atoms. The van der Waals surface area contributed by atoms with Gasteiger partial charge in [0.1, 0.15) is 11.9 Å². The lowest BCUT2D eigenvalue weighted by Crippen LogP contribution is -2.34. The topological polar surface area (TPSA) is 21.3 Å². The monoisotopic (exact) mass is 333 g/mol. The van der Waals surface area contributed by atoms with Crippen LogP contribution in [0.2, 0.25) is 0 Å². The minimum absolute atomic E-state index is 0.332. The maximum Gasteiger partial charge on any atom is 0.123 e. The fraction of sp³-hybridized carbons (Fsp3) is 0.647. The van der Waals surface area contributed by atoms with Crippen LogP contribution in [0.3, 0.4) is 0 Å². The molecule has 5 atom stereocenters. The van der Waals surface area contributed by atoms with Crippen LogP contribution in [0.4, 0.5) is 0 Å². The van der Waals surface area contributed by atoms with E-state index < -0.39 is 0 Å². The van der Waals surface area contributed by atoms with Gasteiger partial charge in [-0.05, 0) is 66.7 Å². The van der Waals surface area contributed by atoms with E-state index in [1.54, 1.807) is 0 Å². The molecule has 3 aliphatic carbocycles. The average Bonchev–Trinajstić information content (AvgIpc) is 2.83. The molecule has 2 bridgehead atoms. The predicted octanol–water partition coefficient (Wildman–Crippen LogP) is 3.39. The van der Waals surface area contributed by atoms with Gasteiger partial charge in [-0.25, -0.2) is 0 Å². The van der Waals surface area contributed by atoms with Crippen LogP contribution in [0.1, 0.15) is 24.8 Å². The van der Waals surface area contributed by atoms with Crippen LogP contribution in [0, 0.1) is 23.7 Å². The van der Waals surface area contributed by atoms with Crippen molar-refractivity contribution in [2.45, 2.75) is 37.8 Å². The molecule has 0 aromatic heterocycles. The minimum atomic E-state index is 0.332. The fourth-order valence-electron chi connectivity index (χ4n) is 5.27. The summed E-state index contributed by atoms with van der Waals surface area (Å²) in [6, 6.07) is 7.17. The van der Waals surface area contributed by atoms with Gasteiger partial charge in [0.25, 0.3) is 0 Å². The number of benzene rings is 1. The third kappa shape index (κ3) is 1.72. The van der Waals surface area contributed by atoms with Gasteiger partial charge in [-0.3, -0.25) is 0 Å². The molecule has 106 valence electrons. The highest BCUT2D eigenvalue weighted by Gasteiger charge is 2.64. The van der Waals surface area contributed by atoms with Crippen LogP contribution in [0.15, 0.2) is 22.7 Å². The molecule has 1 aromatic carbocycles. The van der Waals surface area contributed by atoms with Crippen LogP contribution < -0.4 is 10.1 Å². The van der Waals surface area contributed by atoms with E-state index in [4.69, 9.17) is 4.74 Å². The molecule has 5 unspecified atom stereocenters. The van der Waals surface area contributed by atoms with Gasteiger partial charge >= 0.3 is 0 Å². The first-order chi connectivity index (χ1) is 9.79. The molecule has 1 heterocycles. The summed E-state index contributed by atoms with van der Waals surface area (Å²) in [4.78, 5) is 0. The number of hydrogen-bond acceptors (Lipinski definition) is 2. The molecule has 0 amide bonds. The number of hydrogen-bond donors (Lipinski definition) is 1. The summed E-state index contributed by atoms with van der Waals surface area (Å²) in [6.45, 7) is 1.02. The Hall–Kier alpha value is -0.540. The van der Waals surface area contributed by atoms with Crippen LogP contribution in [0.25, 0.3) is 0 Å². The normalized spacial score (nSPS) is 43.2. The second-order valence-electron chi connectivity index (χ2n) is 7.12. The first kappa shape index (κ1) is 12.0. The Kier molecular flexibility index (Phi) is 2.55. The van der Waals surface area contributed by atoms with Crippen molar-refractivity contribution in [1.82, 2.24) is 5.32 Å². The lowest BCUT2D eigenvalue weighted by atomic mass is 10.0. The first-order valence-electron chi connectivity index (χ1n) is 7.98. The minimum Gasteiger partial charge on any atom is -0.488 e. The number of nitrogens with one attached hydrogen (secondary N) is 1. The van der Waals surface area contributed by atoms with Crippen LogP contribution in [-0.4, -0.2) is 18.7 Å². The van der Waals surface area contributed by atoms with E-state index in [0.717, 1.165) is 52.9 Å². The van der Waals surface area contributed by atoms with Gasteiger partial charge in [-0.1, -0.05) is 15.9 Å². The molecule has 3 saturated carbocycles. The molecule has 1 aromatic rings. The van der Waals surface area contributed by atoms with Crippen LogP contribution in [-0.2, 0) is 6.42 Å². The first-order valence-corrected chi connectivity index (χ1v) is 8.77. The highest BCUT2D eigenvalue weighted by atomic mass is 79.9. The van der Waals surface area contributed by atoms with Crippen molar-refractivity contribution in [3.05, 3.63) is 28.2 Å². The molecular formula is C17H20BrNO. The van der Waals surface area contributed by atoms with Gasteiger partial charge in [0.05, 0.1) is 0 Å². The van der Waals surface area contributed by atoms with E-state index in [1.807, 2.05) is 0 Å². The highest BCUT2D eigenvalue weighted by molar-refractivity contribution is 9.10. The van der Waals surface area contributed by atoms with E-state index in [0.29, 0.717) is 6.10 Å². The Labute approximate surface area is 128 Å². The van der Waals surface area contributed by atoms with Crippen molar-refractivity contribution in [2.75, 3.05) is 6.54 Å². The third-order valence-corrected chi connectivity index (χ3v) is 6.57. The molecule has 2 nitrogen and oxygen atoms in total. The van der Waals surface area contributed by atoms with Crippen molar-refractivity contribution < 1.29 is 4.74 Å². The number of ether oxygens (including phenoxy) is 1. The zero-order valence-electron chi connectivity index (χ0n) is 11.5. The maximum absolute atomic E-state index is 6.05. The van der Waals surface area contributed by atoms with Gasteiger partial charge < -0.3 is 10.1 Å². The lowest BCUT2D eigenvalue weighted by Gasteiger charge is -2.14. The van der Waals surface area contributed by atoms with Crippen molar-refractivity contribution in [1.29, 1.82) is 0 Å². The smallest absolute Gasteiger partial charge is 0.123 e. The standard InChI is InChI=1S/C17H20BrNO/c18-12-3-4-14-11(6-12)7-13(20-14)8-19-17-15-9-1-2-10(5-9)16(15)17/h3-4,6,9-10,13,15-17,19H,1-2,5,7-8H2.